The van der Waals surface area contributed by atoms with Crippen molar-refractivity contribution in [2.45, 2.75) is 71.3 Å². The van der Waals surface area contributed by atoms with Gasteiger partial charge in [0, 0.05) is 12.2 Å². The highest BCUT2D eigenvalue weighted by Crippen LogP contribution is 2.21. The molecule has 0 aliphatic rings. The van der Waals surface area contributed by atoms with Gasteiger partial charge in [0.2, 0.25) is 0 Å². The van der Waals surface area contributed by atoms with Gasteiger partial charge in [-0.2, -0.15) is 4.98 Å². The summed E-state index contributed by atoms with van der Waals surface area (Å²) in [7, 11) is 0. The number of nitrogen functional groups attached to an aromatic ring is 1. The number of nitrogens with zero attached hydrogens (tertiary/aromatic N) is 2. The third-order valence-corrected chi connectivity index (χ3v) is 3.96. The van der Waals surface area contributed by atoms with Crippen molar-refractivity contribution in [2.24, 2.45) is 5.73 Å². The van der Waals surface area contributed by atoms with Crippen LogP contribution in [0.15, 0.2) is 11.0 Å². The van der Waals surface area contributed by atoms with Crippen LogP contribution >= 0.6 is 0 Å². The minimum absolute atomic E-state index is 0.167. The van der Waals surface area contributed by atoms with Crippen molar-refractivity contribution in [3.05, 3.63) is 22.2 Å². The van der Waals surface area contributed by atoms with Crippen LogP contribution in [-0.4, -0.2) is 16.1 Å². The average molecular weight is 318 g/mol. The van der Waals surface area contributed by atoms with Crippen molar-refractivity contribution < 1.29 is 0 Å². The SMILES string of the molecule is CCCCCCCC(CCC)n1cc(C#CCN)c(N)nc1=O. The smallest absolute Gasteiger partial charge is 0.349 e. The molecule has 1 atom stereocenters. The lowest BCUT2D eigenvalue weighted by Crippen LogP contribution is -2.28. The van der Waals surface area contributed by atoms with E-state index in [0.29, 0.717) is 5.56 Å². The van der Waals surface area contributed by atoms with Crippen molar-refractivity contribution in [1.29, 1.82) is 0 Å². The Kier molecular flexibility index (Phi) is 9.08. The fourth-order valence-corrected chi connectivity index (χ4v) is 2.72. The molecular weight excluding hydrogens is 288 g/mol. The normalized spacial score (nSPS) is 11.8. The van der Waals surface area contributed by atoms with Gasteiger partial charge in [-0.15, -0.1) is 0 Å². The Bertz CT molecular complexity index is 583. The Labute approximate surface area is 139 Å². The Balaban J connectivity index is 2.90. The maximum Gasteiger partial charge on any atom is 0.349 e. The lowest BCUT2D eigenvalue weighted by atomic mass is 10.0. The first-order valence-electron chi connectivity index (χ1n) is 8.71. The molecule has 4 N–H and O–H groups in total. The first-order valence-corrected chi connectivity index (χ1v) is 8.71. The zero-order chi connectivity index (χ0) is 17.1. The molecule has 0 saturated heterocycles. The van der Waals surface area contributed by atoms with E-state index in [2.05, 4.69) is 30.7 Å². The molecule has 0 aliphatic heterocycles. The molecule has 23 heavy (non-hydrogen) atoms. The lowest BCUT2D eigenvalue weighted by Gasteiger charge is -2.19. The molecule has 0 fully saturated rings. The number of anilines is 1. The first-order chi connectivity index (χ1) is 11.1. The minimum atomic E-state index is -0.284. The van der Waals surface area contributed by atoms with Gasteiger partial charge in [0.25, 0.3) is 0 Å². The van der Waals surface area contributed by atoms with Crippen LogP contribution in [0.25, 0.3) is 0 Å². The molecule has 0 bridgehead atoms. The van der Waals surface area contributed by atoms with Gasteiger partial charge in [-0.1, -0.05) is 64.2 Å². The Morgan fingerprint density at radius 1 is 1.17 bits per heavy atom. The maximum absolute atomic E-state index is 12.2. The van der Waals surface area contributed by atoms with Gasteiger partial charge in [0.05, 0.1) is 12.1 Å². The van der Waals surface area contributed by atoms with Crippen LogP contribution in [0.2, 0.25) is 0 Å². The number of hydrogen-bond acceptors (Lipinski definition) is 4. The van der Waals surface area contributed by atoms with Gasteiger partial charge in [-0.3, -0.25) is 4.57 Å². The highest BCUT2D eigenvalue weighted by atomic mass is 16.1. The standard InChI is InChI=1S/C18H30N4O/c1-3-5-6-7-8-12-16(10-4-2)22-14-15(11-9-13-19)17(20)21-18(22)23/h14,16H,3-8,10,12-13,19H2,1-2H3,(H2,20,21,23). The summed E-state index contributed by atoms with van der Waals surface area (Å²) in [5.41, 5.74) is 11.5. The Morgan fingerprint density at radius 3 is 2.57 bits per heavy atom. The molecule has 1 aromatic rings. The number of aromatic nitrogens is 2. The average Bonchev–Trinajstić information content (AvgIpc) is 2.53. The molecule has 1 unspecified atom stereocenters. The number of nitrogens with two attached hydrogens (primary N) is 2. The van der Waals surface area contributed by atoms with Gasteiger partial charge in [0.15, 0.2) is 0 Å². The van der Waals surface area contributed by atoms with Crippen LogP contribution in [0.1, 0.15) is 76.8 Å². The molecule has 0 radical (unpaired) electrons. The molecule has 5 nitrogen and oxygen atoms in total. The second kappa shape index (κ2) is 10.8. The van der Waals surface area contributed by atoms with E-state index in [-0.39, 0.29) is 24.1 Å². The van der Waals surface area contributed by atoms with E-state index < -0.39 is 0 Å². The fourth-order valence-electron chi connectivity index (χ4n) is 2.72. The summed E-state index contributed by atoms with van der Waals surface area (Å²) in [6, 6.07) is 0.167. The van der Waals surface area contributed by atoms with E-state index in [0.717, 1.165) is 25.7 Å². The van der Waals surface area contributed by atoms with Crippen molar-refractivity contribution in [3.63, 3.8) is 0 Å². The van der Waals surface area contributed by atoms with E-state index in [1.54, 1.807) is 10.8 Å². The van der Waals surface area contributed by atoms with Gasteiger partial charge in [-0.25, -0.2) is 4.79 Å². The molecule has 0 amide bonds. The Hall–Kier alpha value is -1.80. The molecule has 5 heteroatoms. The third kappa shape index (κ3) is 6.45. The summed E-state index contributed by atoms with van der Waals surface area (Å²) in [6.45, 7) is 4.60. The zero-order valence-corrected chi connectivity index (χ0v) is 14.5. The van der Waals surface area contributed by atoms with Crippen LogP contribution in [-0.2, 0) is 0 Å². The van der Waals surface area contributed by atoms with E-state index in [1.165, 1.54) is 25.7 Å². The monoisotopic (exact) mass is 318 g/mol. The molecule has 1 rings (SSSR count). The Morgan fingerprint density at radius 2 is 1.91 bits per heavy atom. The van der Waals surface area contributed by atoms with E-state index in [1.807, 2.05) is 0 Å². The fraction of sp³-hybridized carbons (Fsp3) is 0.667. The quantitative estimate of drug-likeness (QED) is 0.541. The second-order valence-corrected chi connectivity index (χ2v) is 5.88. The summed E-state index contributed by atoms with van der Waals surface area (Å²) < 4.78 is 1.71. The molecule has 0 spiro atoms. The maximum atomic E-state index is 12.2. The molecular formula is C18H30N4O. The second-order valence-electron chi connectivity index (χ2n) is 5.88. The third-order valence-electron chi connectivity index (χ3n) is 3.96. The molecule has 128 valence electrons. The largest absolute Gasteiger partial charge is 0.382 e. The van der Waals surface area contributed by atoms with Gasteiger partial charge >= 0.3 is 5.69 Å². The van der Waals surface area contributed by atoms with Crippen LogP contribution in [0.3, 0.4) is 0 Å². The van der Waals surface area contributed by atoms with Crippen molar-refractivity contribution in [2.75, 3.05) is 12.3 Å². The van der Waals surface area contributed by atoms with E-state index in [4.69, 9.17) is 11.5 Å². The summed E-state index contributed by atoms with van der Waals surface area (Å²) in [4.78, 5) is 16.1. The molecule has 1 heterocycles. The highest BCUT2D eigenvalue weighted by Gasteiger charge is 2.14. The van der Waals surface area contributed by atoms with Gasteiger partial charge < -0.3 is 11.5 Å². The van der Waals surface area contributed by atoms with Crippen LogP contribution in [0.4, 0.5) is 5.82 Å². The van der Waals surface area contributed by atoms with Gasteiger partial charge in [-0.05, 0) is 12.8 Å². The summed E-state index contributed by atoms with van der Waals surface area (Å²) in [6.07, 6.45) is 10.9. The van der Waals surface area contributed by atoms with Crippen LogP contribution in [0.5, 0.6) is 0 Å². The molecule has 0 aliphatic carbocycles. The number of unbranched alkanes of at least 4 members (excludes halogenated alkanes) is 4. The summed E-state index contributed by atoms with van der Waals surface area (Å²) in [5.74, 6) is 5.86. The predicted octanol–water partition coefficient (Wildman–Crippen LogP) is 2.84. The van der Waals surface area contributed by atoms with Crippen molar-refractivity contribution >= 4 is 5.82 Å². The van der Waals surface area contributed by atoms with Crippen LogP contribution in [0, 0.1) is 11.8 Å². The van der Waals surface area contributed by atoms with Crippen LogP contribution < -0.4 is 17.2 Å². The molecule has 1 aromatic heterocycles. The van der Waals surface area contributed by atoms with E-state index in [9.17, 15) is 4.79 Å². The van der Waals surface area contributed by atoms with Crippen molar-refractivity contribution in [1.82, 2.24) is 9.55 Å². The number of hydrogen-bond donors (Lipinski definition) is 2. The van der Waals surface area contributed by atoms with Crippen molar-refractivity contribution in [3.8, 4) is 11.8 Å². The van der Waals surface area contributed by atoms with E-state index >= 15 is 0 Å². The minimum Gasteiger partial charge on any atom is -0.382 e. The highest BCUT2D eigenvalue weighted by molar-refractivity contribution is 5.49. The summed E-state index contributed by atoms with van der Waals surface area (Å²) in [5, 5.41) is 0. The predicted molar refractivity (Wildman–Crippen MR) is 96.2 cm³/mol. The zero-order valence-electron chi connectivity index (χ0n) is 14.5. The summed E-state index contributed by atoms with van der Waals surface area (Å²) >= 11 is 0. The van der Waals surface area contributed by atoms with Gasteiger partial charge in [0.1, 0.15) is 5.82 Å². The first kappa shape index (κ1) is 19.2. The number of rotatable bonds is 9. The molecule has 0 aromatic carbocycles. The molecule has 0 saturated carbocycles. The lowest BCUT2D eigenvalue weighted by molar-refractivity contribution is 0.395. The topological polar surface area (TPSA) is 86.9 Å².